The molecule has 0 aliphatic carbocycles. The second kappa shape index (κ2) is 9.94. The zero-order valence-corrected chi connectivity index (χ0v) is 16.6. The van der Waals surface area contributed by atoms with Crippen LogP contribution in [0.25, 0.3) is 0 Å². The van der Waals surface area contributed by atoms with E-state index in [-0.39, 0.29) is 18.8 Å². The van der Waals surface area contributed by atoms with Gasteiger partial charge in [0.05, 0.1) is 12.0 Å². The lowest BCUT2D eigenvalue weighted by atomic mass is 10.0. The molecule has 0 radical (unpaired) electrons. The van der Waals surface area contributed by atoms with Gasteiger partial charge in [-0.1, -0.05) is 44.2 Å². The lowest BCUT2D eigenvalue weighted by molar-refractivity contribution is -0.308. The molecule has 0 unspecified atom stereocenters. The number of alkyl carbamates (subject to hydrolysis) is 1. The summed E-state index contributed by atoms with van der Waals surface area (Å²) < 4.78 is 5.21. The van der Waals surface area contributed by atoms with Gasteiger partial charge in [0.2, 0.25) is 5.91 Å². The normalized spacial score (nSPS) is 13.6. The maximum atomic E-state index is 12.7. The largest absolute Gasteiger partial charge is 0.548 e. The van der Waals surface area contributed by atoms with E-state index in [9.17, 15) is 19.5 Å². The van der Waals surface area contributed by atoms with Crippen molar-refractivity contribution in [2.75, 3.05) is 0 Å². The third-order valence-electron chi connectivity index (χ3n) is 3.60. The molecule has 0 aromatic heterocycles. The van der Waals surface area contributed by atoms with Gasteiger partial charge in [0, 0.05) is 6.42 Å². The van der Waals surface area contributed by atoms with E-state index in [1.54, 1.807) is 20.8 Å². The molecule has 7 heteroatoms. The molecule has 1 aromatic rings. The zero-order chi connectivity index (χ0) is 20.6. The molecule has 2 atom stereocenters. The Kier molecular flexibility index (Phi) is 8.28. The molecule has 0 saturated carbocycles. The fraction of sp³-hybridized carbons (Fsp3) is 0.550. The van der Waals surface area contributed by atoms with E-state index >= 15 is 0 Å². The molecule has 150 valence electrons. The summed E-state index contributed by atoms with van der Waals surface area (Å²) in [6, 6.07) is 7.02. The van der Waals surface area contributed by atoms with Crippen LogP contribution in [0.2, 0.25) is 0 Å². The van der Waals surface area contributed by atoms with E-state index in [1.165, 1.54) is 0 Å². The minimum absolute atomic E-state index is 0.0552. The molecule has 0 saturated heterocycles. The quantitative estimate of drug-likeness (QED) is 0.712. The van der Waals surface area contributed by atoms with Crippen molar-refractivity contribution in [1.29, 1.82) is 0 Å². The smallest absolute Gasteiger partial charge is 0.408 e. The number of rotatable bonds is 8. The van der Waals surface area contributed by atoms with Gasteiger partial charge < -0.3 is 25.3 Å². The third-order valence-corrected chi connectivity index (χ3v) is 3.60. The Balaban J connectivity index is 2.92. The summed E-state index contributed by atoms with van der Waals surface area (Å²) in [7, 11) is 0. The van der Waals surface area contributed by atoms with Gasteiger partial charge in [-0.3, -0.25) is 4.79 Å². The van der Waals surface area contributed by atoms with Crippen LogP contribution in [0.4, 0.5) is 4.79 Å². The Labute approximate surface area is 160 Å². The van der Waals surface area contributed by atoms with Crippen LogP contribution in [0.5, 0.6) is 0 Å². The number of aliphatic carboxylic acids is 1. The molecule has 0 spiro atoms. The van der Waals surface area contributed by atoms with Gasteiger partial charge in [-0.25, -0.2) is 4.79 Å². The first kappa shape index (κ1) is 22.5. The van der Waals surface area contributed by atoms with E-state index in [4.69, 9.17) is 4.74 Å². The Morgan fingerprint density at radius 1 is 1.04 bits per heavy atom. The predicted molar refractivity (Wildman–Crippen MR) is 99.7 cm³/mol. The van der Waals surface area contributed by atoms with Crippen LogP contribution in [0.1, 0.15) is 46.6 Å². The van der Waals surface area contributed by atoms with Gasteiger partial charge in [0.25, 0.3) is 0 Å². The molecular weight excluding hydrogens is 348 g/mol. The summed E-state index contributed by atoms with van der Waals surface area (Å²) in [4.78, 5) is 36.1. The lowest BCUT2D eigenvalue weighted by Crippen LogP contribution is -2.55. The molecule has 0 fully saturated rings. The van der Waals surface area contributed by atoms with Crippen molar-refractivity contribution in [2.45, 2.75) is 65.1 Å². The van der Waals surface area contributed by atoms with Crippen LogP contribution in [-0.4, -0.2) is 35.7 Å². The number of hydrogen-bond donors (Lipinski definition) is 2. The molecule has 0 heterocycles. The van der Waals surface area contributed by atoms with Crippen molar-refractivity contribution in [2.24, 2.45) is 5.92 Å². The first-order chi connectivity index (χ1) is 12.5. The van der Waals surface area contributed by atoms with Gasteiger partial charge in [-0.05, 0) is 38.7 Å². The number of carboxylic acids is 1. The second-order valence-corrected chi connectivity index (χ2v) is 7.90. The average molecular weight is 377 g/mol. The van der Waals surface area contributed by atoms with Gasteiger partial charge in [-0.15, -0.1) is 0 Å². The molecule has 0 aliphatic rings. The van der Waals surface area contributed by atoms with Crippen LogP contribution in [-0.2, 0) is 20.7 Å². The van der Waals surface area contributed by atoms with Crippen LogP contribution < -0.4 is 15.7 Å². The molecule has 1 aromatic carbocycles. The summed E-state index contributed by atoms with van der Waals surface area (Å²) in [5, 5.41) is 16.3. The molecule has 2 amide bonds. The van der Waals surface area contributed by atoms with E-state index in [0.29, 0.717) is 0 Å². The molecular formula is C20H29N2O5-. The molecule has 7 nitrogen and oxygen atoms in total. The zero-order valence-electron chi connectivity index (χ0n) is 16.6. The highest BCUT2D eigenvalue weighted by atomic mass is 16.6. The van der Waals surface area contributed by atoms with E-state index in [0.717, 1.165) is 5.56 Å². The Morgan fingerprint density at radius 2 is 1.63 bits per heavy atom. The maximum Gasteiger partial charge on any atom is 0.408 e. The Bertz CT molecular complexity index is 638. The van der Waals surface area contributed by atoms with Crippen molar-refractivity contribution < 1.29 is 24.2 Å². The van der Waals surface area contributed by atoms with E-state index in [2.05, 4.69) is 10.6 Å². The maximum absolute atomic E-state index is 12.7. The van der Waals surface area contributed by atoms with Crippen LogP contribution in [0, 0.1) is 5.92 Å². The average Bonchev–Trinajstić information content (AvgIpc) is 2.52. The van der Waals surface area contributed by atoms with Crippen molar-refractivity contribution in [3.05, 3.63) is 35.9 Å². The minimum atomic E-state index is -1.35. The molecule has 0 aliphatic heterocycles. The standard InChI is InChI=1S/C20H30N2O5/c1-13(2)11-16(18(24)25)21-17(23)15(12-14-9-7-6-8-10-14)22-19(26)27-20(3,4)5/h6-10,13,15-16H,11-12H2,1-5H3,(H,21,23)(H,22,26)(H,24,25)/p-1/t15-,16-/m1/s1. The summed E-state index contributed by atoms with van der Waals surface area (Å²) in [6.45, 7) is 8.85. The highest BCUT2D eigenvalue weighted by molar-refractivity contribution is 5.89. The summed E-state index contributed by atoms with van der Waals surface area (Å²) in [5.41, 5.74) is 0.103. The molecule has 2 N–H and O–H groups in total. The summed E-state index contributed by atoms with van der Waals surface area (Å²) in [6.07, 6.45) is -0.307. The second-order valence-electron chi connectivity index (χ2n) is 7.90. The number of carbonyl (C=O) groups is 3. The number of carboxylic acid groups (broad SMARTS) is 1. The Morgan fingerprint density at radius 3 is 2.11 bits per heavy atom. The number of amides is 2. The van der Waals surface area contributed by atoms with Crippen LogP contribution in [0.15, 0.2) is 30.3 Å². The fourth-order valence-corrected chi connectivity index (χ4v) is 2.47. The van der Waals surface area contributed by atoms with Gasteiger partial charge in [0.15, 0.2) is 0 Å². The predicted octanol–water partition coefficient (Wildman–Crippen LogP) is 1.40. The number of nitrogens with one attached hydrogen (secondary N) is 2. The highest BCUT2D eigenvalue weighted by Gasteiger charge is 2.27. The minimum Gasteiger partial charge on any atom is -0.548 e. The van der Waals surface area contributed by atoms with Crippen molar-refractivity contribution in [3.63, 3.8) is 0 Å². The number of ether oxygens (including phenoxy) is 1. The summed E-state index contributed by atoms with van der Waals surface area (Å²) >= 11 is 0. The van der Waals surface area contributed by atoms with Gasteiger partial charge >= 0.3 is 6.09 Å². The third kappa shape index (κ3) is 9.08. The molecule has 27 heavy (non-hydrogen) atoms. The topological polar surface area (TPSA) is 108 Å². The van der Waals surface area contributed by atoms with E-state index in [1.807, 2.05) is 44.2 Å². The van der Waals surface area contributed by atoms with Gasteiger partial charge in [-0.2, -0.15) is 0 Å². The van der Waals surface area contributed by atoms with Crippen molar-refractivity contribution in [3.8, 4) is 0 Å². The fourth-order valence-electron chi connectivity index (χ4n) is 2.47. The van der Waals surface area contributed by atoms with E-state index < -0.39 is 35.7 Å². The van der Waals surface area contributed by atoms with Crippen molar-refractivity contribution in [1.82, 2.24) is 10.6 Å². The highest BCUT2D eigenvalue weighted by Crippen LogP contribution is 2.10. The van der Waals surface area contributed by atoms with Crippen LogP contribution in [0.3, 0.4) is 0 Å². The summed E-state index contributed by atoms with van der Waals surface area (Å²) in [5.74, 6) is -1.90. The number of hydrogen-bond acceptors (Lipinski definition) is 5. The first-order valence-electron chi connectivity index (χ1n) is 9.02. The van der Waals surface area contributed by atoms with Gasteiger partial charge in [0.1, 0.15) is 11.6 Å². The first-order valence-corrected chi connectivity index (χ1v) is 9.02. The number of benzene rings is 1. The molecule has 1 rings (SSSR count). The van der Waals surface area contributed by atoms with Crippen LogP contribution >= 0.6 is 0 Å². The SMILES string of the molecule is CC(C)C[C@@H](NC(=O)[C@@H](Cc1ccccc1)NC(=O)OC(C)(C)C)C(=O)[O-]. The monoisotopic (exact) mass is 377 g/mol. The van der Waals surface area contributed by atoms with Crippen molar-refractivity contribution >= 4 is 18.0 Å². The Hall–Kier alpha value is -2.57. The molecule has 0 bridgehead atoms. The lowest BCUT2D eigenvalue weighted by Gasteiger charge is -2.26. The number of carbonyl (C=O) groups excluding carboxylic acids is 3.